The van der Waals surface area contributed by atoms with Gasteiger partial charge in [-0.3, -0.25) is 0 Å². The van der Waals surface area contributed by atoms with Crippen molar-refractivity contribution >= 4 is 11.8 Å². The van der Waals surface area contributed by atoms with E-state index in [1.165, 1.54) is 22.6 Å². The fourth-order valence-electron chi connectivity index (χ4n) is 1.98. The van der Waals surface area contributed by atoms with Crippen molar-refractivity contribution in [1.29, 1.82) is 0 Å². The molecule has 1 heterocycles. The van der Waals surface area contributed by atoms with Crippen molar-refractivity contribution < 1.29 is 0 Å². The number of thioether (sulfide) groups is 1. The first-order chi connectivity index (χ1) is 7.56. The quantitative estimate of drug-likeness (QED) is 0.835. The largest absolute Gasteiger partial charge is 0.309 e. The molecule has 1 N–H and O–H groups in total. The van der Waals surface area contributed by atoms with E-state index in [2.05, 4.69) is 50.4 Å². The van der Waals surface area contributed by atoms with E-state index in [0.29, 0.717) is 11.5 Å². The summed E-state index contributed by atoms with van der Waals surface area (Å²) < 4.78 is 0. The maximum atomic E-state index is 3.70. The molecule has 1 aromatic carbocycles. The van der Waals surface area contributed by atoms with Crippen LogP contribution in [-0.2, 0) is 0 Å². The van der Waals surface area contributed by atoms with Crippen LogP contribution in [0.3, 0.4) is 0 Å². The minimum Gasteiger partial charge on any atom is -0.309 e. The molecule has 2 heteroatoms. The molecule has 0 saturated carbocycles. The van der Waals surface area contributed by atoms with Gasteiger partial charge in [-0.1, -0.05) is 39.0 Å². The Morgan fingerprint density at radius 2 is 2.06 bits per heavy atom. The fourth-order valence-corrected chi connectivity index (χ4v) is 3.11. The van der Waals surface area contributed by atoms with Gasteiger partial charge in [-0.15, -0.1) is 11.8 Å². The van der Waals surface area contributed by atoms with Gasteiger partial charge in [0.1, 0.15) is 0 Å². The highest BCUT2D eigenvalue weighted by Crippen LogP contribution is 2.36. The zero-order chi connectivity index (χ0) is 11.6. The fraction of sp³-hybridized carbons (Fsp3) is 0.571. The lowest BCUT2D eigenvalue weighted by Gasteiger charge is -2.29. The van der Waals surface area contributed by atoms with E-state index in [1.807, 2.05) is 11.8 Å². The molecule has 1 aromatic rings. The topological polar surface area (TPSA) is 12.0 Å². The van der Waals surface area contributed by atoms with E-state index >= 15 is 0 Å². The van der Waals surface area contributed by atoms with Gasteiger partial charge in [0.25, 0.3) is 0 Å². The van der Waals surface area contributed by atoms with Gasteiger partial charge < -0.3 is 5.32 Å². The molecule has 88 valence electrons. The van der Waals surface area contributed by atoms with E-state index in [4.69, 9.17) is 0 Å². The average Bonchev–Trinajstić information content (AvgIpc) is 2.25. The highest BCUT2D eigenvalue weighted by molar-refractivity contribution is 7.99. The van der Waals surface area contributed by atoms with Gasteiger partial charge in [0.05, 0.1) is 0 Å². The summed E-state index contributed by atoms with van der Waals surface area (Å²) in [7, 11) is 0. The monoisotopic (exact) mass is 235 g/mol. The van der Waals surface area contributed by atoms with Crippen molar-refractivity contribution in [3.8, 4) is 0 Å². The lowest BCUT2D eigenvalue weighted by molar-refractivity contribution is 0.347. The van der Waals surface area contributed by atoms with E-state index in [1.54, 1.807) is 0 Å². The normalized spacial score (nSPS) is 20.6. The second-order valence-electron chi connectivity index (χ2n) is 5.67. The van der Waals surface area contributed by atoms with Crippen molar-refractivity contribution in [1.82, 2.24) is 5.32 Å². The minimum absolute atomic E-state index is 0.361. The standard InChI is InChI=1S/C14H21NS/c1-14(2,3)10-15-12-8-9-16-13-7-5-4-6-11(12)13/h4-7,12,15H,8-10H2,1-3H3. The van der Waals surface area contributed by atoms with E-state index in [-0.39, 0.29) is 0 Å². The Balaban J connectivity index is 2.07. The lowest BCUT2D eigenvalue weighted by Crippen LogP contribution is -2.32. The van der Waals surface area contributed by atoms with Crippen molar-refractivity contribution in [2.24, 2.45) is 5.41 Å². The highest BCUT2D eigenvalue weighted by atomic mass is 32.2. The van der Waals surface area contributed by atoms with Crippen LogP contribution in [0.1, 0.15) is 38.8 Å². The van der Waals surface area contributed by atoms with Crippen LogP contribution in [0.5, 0.6) is 0 Å². The van der Waals surface area contributed by atoms with Crippen LogP contribution >= 0.6 is 11.8 Å². The first kappa shape index (κ1) is 12.0. The summed E-state index contributed by atoms with van der Waals surface area (Å²) in [6.07, 6.45) is 1.25. The number of benzene rings is 1. The van der Waals surface area contributed by atoms with Gasteiger partial charge in [-0.2, -0.15) is 0 Å². The predicted octanol–water partition coefficient (Wildman–Crippen LogP) is 3.86. The molecule has 0 fully saturated rings. The van der Waals surface area contributed by atoms with Gasteiger partial charge >= 0.3 is 0 Å². The van der Waals surface area contributed by atoms with Crippen LogP contribution in [0.25, 0.3) is 0 Å². The Morgan fingerprint density at radius 1 is 1.31 bits per heavy atom. The van der Waals surface area contributed by atoms with Crippen molar-refractivity contribution in [2.45, 2.75) is 38.1 Å². The molecular formula is C14H21NS. The molecule has 0 aromatic heterocycles. The summed E-state index contributed by atoms with van der Waals surface area (Å²) >= 11 is 1.99. The number of hydrogen-bond acceptors (Lipinski definition) is 2. The third kappa shape index (κ3) is 3.02. The van der Waals surface area contributed by atoms with Crippen LogP contribution in [0, 0.1) is 5.41 Å². The molecule has 1 aliphatic rings. The third-order valence-corrected chi connectivity index (χ3v) is 3.96. The zero-order valence-electron chi connectivity index (χ0n) is 10.4. The summed E-state index contributed by atoms with van der Waals surface area (Å²) in [6.45, 7) is 7.92. The van der Waals surface area contributed by atoms with E-state index < -0.39 is 0 Å². The molecule has 16 heavy (non-hydrogen) atoms. The second-order valence-corrected chi connectivity index (χ2v) is 6.81. The second kappa shape index (κ2) is 4.80. The van der Waals surface area contributed by atoms with Crippen LogP contribution in [0.4, 0.5) is 0 Å². The van der Waals surface area contributed by atoms with Gasteiger partial charge in [0.2, 0.25) is 0 Å². The summed E-state index contributed by atoms with van der Waals surface area (Å²) in [4.78, 5) is 1.46. The molecule has 1 atom stereocenters. The third-order valence-electron chi connectivity index (χ3n) is 2.84. The summed E-state index contributed by atoms with van der Waals surface area (Å²) in [5.41, 5.74) is 1.85. The molecule has 0 amide bonds. The summed E-state index contributed by atoms with van der Waals surface area (Å²) in [5.74, 6) is 1.23. The first-order valence-corrected chi connectivity index (χ1v) is 7.00. The number of nitrogens with one attached hydrogen (secondary N) is 1. The van der Waals surface area contributed by atoms with Crippen LogP contribution < -0.4 is 5.32 Å². The molecule has 1 nitrogen and oxygen atoms in total. The smallest absolute Gasteiger partial charge is 0.0339 e. The van der Waals surface area contributed by atoms with Gasteiger partial charge in [-0.25, -0.2) is 0 Å². The molecule has 1 aliphatic heterocycles. The molecule has 2 rings (SSSR count). The number of hydrogen-bond donors (Lipinski definition) is 1. The maximum Gasteiger partial charge on any atom is 0.0339 e. The zero-order valence-corrected chi connectivity index (χ0v) is 11.2. The lowest BCUT2D eigenvalue weighted by atomic mass is 9.95. The molecular weight excluding hydrogens is 214 g/mol. The van der Waals surface area contributed by atoms with E-state index in [0.717, 1.165) is 6.54 Å². The molecule has 0 radical (unpaired) electrons. The van der Waals surface area contributed by atoms with Gasteiger partial charge in [0, 0.05) is 17.5 Å². The molecule has 0 aliphatic carbocycles. The Kier molecular flexibility index (Phi) is 3.60. The van der Waals surface area contributed by atoms with Crippen molar-refractivity contribution in [3.05, 3.63) is 29.8 Å². The predicted molar refractivity (Wildman–Crippen MR) is 72.0 cm³/mol. The Labute approximate surface area is 103 Å². The molecule has 1 unspecified atom stereocenters. The number of rotatable bonds is 2. The van der Waals surface area contributed by atoms with Crippen LogP contribution in [-0.4, -0.2) is 12.3 Å². The van der Waals surface area contributed by atoms with Gasteiger partial charge in [-0.05, 0) is 29.2 Å². The SMILES string of the molecule is CC(C)(C)CNC1CCSc2ccccc21. The number of fused-ring (bicyclic) bond motifs is 1. The highest BCUT2D eigenvalue weighted by Gasteiger charge is 2.21. The molecule has 0 saturated heterocycles. The average molecular weight is 235 g/mol. The summed E-state index contributed by atoms with van der Waals surface area (Å²) in [6, 6.07) is 9.35. The molecule has 0 spiro atoms. The van der Waals surface area contributed by atoms with Crippen LogP contribution in [0.2, 0.25) is 0 Å². The Bertz CT molecular complexity index is 354. The van der Waals surface area contributed by atoms with Gasteiger partial charge in [0.15, 0.2) is 0 Å². The Hall–Kier alpha value is -0.470. The summed E-state index contributed by atoms with van der Waals surface area (Å²) in [5, 5.41) is 3.70. The maximum absolute atomic E-state index is 3.70. The molecule has 0 bridgehead atoms. The van der Waals surface area contributed by atoms with Crippen LogP contribution in [0.15, 0.2) is 29.2 Å². The first-order valence-electron chi connectivity index (χ1n) is 6.01. The van der Waals surface area contributed by atoms with E-state index in [9.17, 15) is 0 Å². The minimum atomic E-state index is 0.361. The van der Waals surface area contributed by atoms with Crippen molar-refractivity contribution in [2.75, 3.05) is 12.3 Å². The Morgan fingerprint density at radius 3 is 2.81 bits per heavy atom. The van der Waals surface area contributed by atoms with Crippen molar-refractivity contribution in [3.63, 3.8) is 0 Å².